The zero-order valence-electron chi connectivity index (χ0n) is 10.5. The Labute approximate surface area is 99.4 Å². The molecule has 0 aromatic rings. The first-order chi connectivity index (χ1) is 7.69. The number of rotatable bonds is 5. The molecule has 3 N–H and O–H groups in total. The molecule has 2 unspecified atom stereocenters. The van der Waals surface area contributed by atoms with Gasteiger partial charge in [-0.15, -0.1) is 0 Å². The second-order valence-electron chi connectivity index (χ2n) is 6.73. The summed E-state index contributed by atoms with van der Waals surface area (Å²) in [6.45, 7) is 3.54. The summed E-state index contributed by atoms with van der Waals surface area (Å²) in [6.07, 6.45) is 9.76. The van der Waals surface area contributed by atoms with Crippen molar-refractivity contribution in [3.05, 3.63) is 0 Å². The molecule has 0 saturated heterocycles. The van der Waals surface area contributed by atoms with E-state index in [-0.39, 0.29) is 0 Å². The Hall–Kier alpha value is -0.0800. The fraction of sp³-hybridized carbons (Fsp3) is 1.00. The summed E-state index contributed by atoms with van der Waals surface area (Å²) in [5.41, 5.74) is 6.62. The summed E-state index contributed by atoms with van der Waals surface area (Å²) >= 11 is 0. The normalized spacial score (nSPS) is 39.6. The number of hydrogen-bond acceptors (Lipinski definition) is 2. The van der Waals surface area contributed by atoms with Crippen LogP contribution < -0.4 is 11.1 Å². The summed E-state index contributed by atoms with van der Waals surface area (Å²) in [7, 11) is 0. The minimum absolute atomic E-state index is 0.377. The summed E-state index contributed by atoms with van der Waals surface area (Å²) in [4.78, 5) is 0. The third-order valence-corrected chi connectivity index (χ3v) is 5.16. The van der Waals surface area contributed by atoms with Gasteiger partial charge in [0.05, 0.1) is 0 Å². The molecule has 2 atom stereocenters. The Kier molecular flexibility index (Phi) is 2.75. The molecule has 3 aliphatic carbocycles. The van der Waals surface area contributed by atoms with Gasteiger partial charge in [-0.05, 0) is 55.8 Å². The van der Waals surface area contributed by atoms with Gasteiger partial charge in [-0.1, -0.05) is 13.3 Å². The maximum Gasteiger partial charge on any atom is 0.0124 e. The van der Waals surface area contributed by atoms with Gasteiger partial charge in [0.2, 0.25) is 0 Å². The van der Waals surface area contributed by atoms with Crippen LogP contribution in [0, 0.1) is 17.3 Å². The van der Waals surface area contributed by atoms with Gasteiger partial charge in [-0.3, -0.25) is 0 Å². The Morgan fingerprint density at radius 2 is 1.81 bits per heavy atom. The van der Waals surface area contributed by atoms with Crippen molar-refractivity contribution in [2.45, 2.75) is 64.0 Å². The standard InChI is InChI=1S/C14H26N2/c1-14(8-2-3-12(14)15)9-16-13(10-4-5-10)11-6-7-11/h10-13,16H,2-9,15H2,1H3. The Morgan fingerprint density at radius 3 is 2.25 bits per heavy atom. The molecule has 3 aliphatic rings. The average molecular weight is 222 g/mol. The number of nitrogens with two attached hydrogens (primary N) is 1. The van der Waals surface area contributed by atoms with Crippen molar-refractivity contribution in [1.29, 1.82) is 0 Å². The van der Waals surface area contributed by atoms with E-state index in [0.29, 0.717) is 11.5 Å². The number of nitrogens with one attached hydrogen (secondary N) is 1. The Balaban J connectivity index is 1.54. The van der Waals surface area contributed by atoms with Crippen LogP contribution in [-0.4, -0.2) is 18.6 Å². The van der Waals surface area contributed by atoms with Gasteiger partial charge in [0.1, 0.15) is 0 Å². The van der Waals surface area contributed by atoms with Gasteiger partial charge in [0.25, 0.3) is 0 Å². The molecule has 2 heteroatoms. The van der Waals surface area contributed by atoms with Gasteiger partial charge in [-0.2, -0.15) is 0 Å². The van der Waals surface area contributed by atoms with E-state index >= 15 is 0 Å². The van der Waals surface area contributed by atoms with Gasteiger partial charge in [0, 0.05) is 18.6 Å². The molecular weight excluding hydrogens is 196 g/mol. The quantitative estimate of drug-likeness (QED) is 0.749. The summed E-state index contributed by atoms with van der Waals surface area (Å²) in [6, 6.07) is 1.27. The molecule has 3 fully saturated rings. The van der Waals surface area contributed by atoms with E-state index in [1.807, 2.05) is 0 Å². The van der Waals surface area contributed by atoms with Gasteiger partial charge in [-0.25, -0.2) is 0 Å². The first-order valence-electron chi connectivity index (χ1n) is 7.18. The fourth-order valence-electron chi connectivity index (χ4n) is 3.46. The zero-order valence-corrected chi connectivity index (χ0v) is 10.5. The highest BCUT2D eigenvalue weighted by Crippen LogP contribution is 2.45. The summed E-state index contributed by atoms with van der Waals surface area (Å²) in [5, 5.41) is 3.88. The second-order valence-corrected chi connectivity index (χ2v) is 6.73. The predicted molar refractivity (Wildman–Crippen MR) is 67.2 cm³/mol. The zero-order chi connectivity index (χ0) is 11.2. The highest BCUT2D eigenvalue weighted by Gasteiger charge is 2.43. The van der Waals surface area contributed by atoms with Crippen molar-refractivity contribution in [3.63, 3.8) is 0 Å². The first-order valence-corrected chi connectivity index (χ1v) is 7.18. The highest BCUT2D eigenvalue weighted by molar-refractivity contribution is 4.99. The SMILES string of the molecule is CC1(CNC(C2CC2)C2CC2)CCCC1N. The smallest absolute Gasteiger partial charge is 0.0124 e. The maximum atomic E-state index is 6.24. The lowest BCUT2D eigenvalue weighted by atomic mass is 9.84. The largest absolute Gasteiger partial charge is 0.327 e. The molecule has 92 valence electrons. The van der Waals surface area contributed by atoms with Crippen molar-refractivity contribution in [2.24, 2.45) is 23.0 Å². The molecule has 16 heavy (non-hydrogen) atoms. The van der Waals surface area contributed by atoms with E-state index in [1.165, 1.54) is 44.9 Å². The maximum absolute atomic E-state index is 6.24. The highest BCUT2D eigenvalue weighted by atomic mass is 15.0. The van der Waals surface area contributed by atoms with E-state index in [1.54, 1.807) is 0 Å². The average Bonchev–Trinajstić information content (AvgIpc) is 3.12. The van der Waals surface area contributed by atoms with Crippen molar-refractivity contribution in [3.8, 4) is 0 Å². The topological polar surface area (TPSA) is 38.0 Å². The third kappa shape index (κ3) is 2.14. The molecular formula is C14H26N2. The molecule has 0 aliphatic heterocycles. The van der Waals surface area contributed by atoms with E-state index in [0.717, 1.165) is 24.4 Å². The molecule has 3 rings (SSSR count). The van der Waals surface area contributed by atoms with E-state index in [4.69, 9.17) is 5.73 Å². The molecule has 0 bridgehead atoms. The van der Waals surface area contributed by atoms with Crippen LogP contribution in [0.1, 0.15) is 51.9 Å². The van der Waals surface area contributed by atoms with Crippen LogP contribution in [0.5, 0.6) is 0 Å². The fourth-order valence-corrected chi connectivity index (χ4v) is 3.46. The van der Waals surface area contributed by atoms with Crippen molar-refractivity contribution in [2.75, 3.05) is 6.54 Å². The lowest BCUT2D eigenvalue weighted by Crippen LogP contribution is -2.46. The van der Waals surface area contributed by atoms with Crippen LogP contribution in [-0.2, 0) is 0 Å². The molecule has 3 saturated carbocycles. The van der Waals surface area contributed by atoms with Gasteiger partial charge in [0.15, 0.2) is 0 Å². The monoisotopic (exact) mass is 222 g/mol. The second kappa shape index (κ2) is 3.99. The van der Waals surface area contributed by atoms with Crippen LogP contribution in [0.15, 0.2) is 0 Å². The first kappa shape index (κ1) is 11.0. The van der Waals surface area contributed by atoms with Crippen molar-refractivity contribution in [1.82, 2.24) is 5.32 Å². The predicted octanol–water partition coefficient (Wildman–Crippen LogP) is 2.28. The van der Waals surface area contributed by atoms with E-state index in [2.05, 4.69) is 12.2 Å². The van der Waals surface area contributed by atoms with Crippen LogP contribution in [0.2, 0.25) is 0 Å². The Morgan fingerprint density at radius 1 is 1.19 bits per heavy atom. The van der Waals surface area contributed by atoms with E-state index < -0.39 is 0 Å². The third-order valence-electron chi connectivity index (χ3n) is 5.16. The number of hydrogen-bond donors (Lipinski definition) is 2. The van der Waals surface area contributed by atoms with Gasteiger partial charge < -0.3 is 11.1 Å². The van der Waals surface area contributed by atoms with Gasteiger partial charge >= 0.3 is 0 Å². The van der Waals surface area contributed by atoms with Crippen LogP contribution in [0.25, 0.3) is 0 Å². The summed E-state index contributed by atoms with van der Waals surface area (Å²) < 4.78 is 0. The minimum Gasteiger partial charge on any atom is -0.327 e. The summed E-state index contributed by atoms with van der Waals surface area (Å²) in [5.74, 6) is 2.02. The Bertz CT molecular complexity index is 245. The molecule has 0 aromatic carbocycles. The lowest BCUT2D eigenvalue weighted by molar-refractivity contribution is 0.250. The molecule has 0 heterocycles. The minimum atomic E-state index is 0.377. The lowest BCUT2D eigenvalue weighted by Gasteiger charge is -2.32. The molecule has 0 amide bonds. The van der Waals surface area contributed by atoms with Crippen molar-refractivity contribution < 1.29 is 0 Å². The molecule has 0 spiro atoms. The molecule has 0 radical (unpaired) electrons. The van der Waals surface area contributed by atoms with Crippen LogP contribution >= 0.6 is 0 Å². The van der Waals surface area contributed by atoms with Crippen molar-refractivity contribution >= 4 is 0 Å². The molecule has 2 nitrogen and oxygen atoms in total. The van der Waals surface area contributed by atoms with E-state index in [9.17, 15) is 0 Å². The van der Waals surface area contributed by atoms with Crippen LogP contribution in [0.4, 0.5) is 0 Å². The van der Waals surface area contributed by atoms with Crippen LogP contribution in [0.3, 0.4) is 0 Å². The molecule has 0 aromatic heterocycles.